The maximum Gasteiger partial charge on any atom is 0.264 e. The van der Waals surface area contributed by atoms with E-state index in [4.69, 9.17) is 5.73 Å². The standard InChI is InChI=1S/C15H16FN3O2/c16-10-5-3-9(4-6-10)11-12(20)18-14(19-13(11)21)15(17)7-1-2-8-15/h3-6,11H,1-2,7-8,17H2,(H,18,19,20,21). The van der Waals surface area contributed by atoms with Crippen LogP contribution < -0.4 is 11.1 Å². The lowest BCUT2D eigenvalue weighted by Crippen LogP contribution is -2.57. The van der Waals surface area contributed by atoms with Gasteiger partial charge in [-0.3, -0.25) is 9.59 Å². The molecule has 5 nitrogen and oxygen atoms in total. The van der Waals surface area contributed by atoms with Crippen molar-refractivity contribution in [3.63, 3.8) is 0 Å². The molecule has 0 radical (unpaired) electrons. The molecule has 1 aromatic carbocycles. The number of hydrogen-bond acceptors (Lipinski definition) is 3. The molecule has 1 aliphatic carbocycles. The zero-order valence-corrected chi connectivity index (χ0v) is 11.4. The van der Waals surface area contributed by atoms with Crippen LogP contribution in [0.4, 0.5) is 4.39 Å². The summed E-state index contributed by atoms with van der Waals surface area (Å²) in [6.07, 6.45) is 3.34. The third-order valence-corrected chi connectivity index (χ3v) is 4.14. The van der Waals surface area contributed by atoms with E-state index in [1.54, 1.807) is 0 Å². The first-order valence-corrected chi connectivity index (χ1v) is 6.98. The fourth-order valence-corrected chi connectivity index (χ4v) is 2.93. The van der Waals surface area contributed by atoms with Gasteiger partial charge in [-0.05, 0) is 30.5 Å². The van der Waals surface area contributed by atoms with Gasteiger partial charge >= 0.3 is 0 Å². The molecule has 0 bridgehead atoms. The number of carbonyl (C=O) groups is 2. The topological polar surface area (TPSA) is 84.5 Å². The van der Waals surface area contributed by atoms with Crippen LogP contribution >= 0.6 is 0 Å². The smallest absolute Gasteiger partial charge is 0.264 e. The molecule has 6 heteroatoms. The Morgan fingerprint density at radius 1 is 1.19 bits per heavy atom. The predicted octanol–water partition coefficient (Wildman–Crippen LogP) is 1.24. The van der Waals surface area contributed by atoms with Gasteiger partial charge in [0.15, 0.2) is 0 Å². The Balaban J connectivity index is 1.90. The van der Waals surface area contributed by atoms with E-state index in [1.807, 2.05) is 0 Å². The lowest BCUT2D eigenvalue weighted by atomic mass is 9.92. The van der Waals surface area contributed by atoms with Crippen molar-refractivity contribution < 1.29 is 14.0 Å². The number of nitrogens with two attached hydrogens (primary N) is 1. The van der Waals surface area contributed by atoms with Gasteiger partial charge in [-0.15, -0.1) is 0 Å². The van der Waals surface area contributed by atoms with Crippen LogP contribution in [0.25, 0.3) is 0 Å². The van der Waals surface area contributed by atoms with Gasteiger partial charge in [0.25, 0.3) is 5.91 Å². The average molecular weight is 289 g/mol. The van der Waals surface area contributed by atoms with E-state index in [-0.39, 0.29) is 5.84 Å². The van der Waals surface area contributed by atoms with E-state index in [0.29, 0.717) is 18.4 Å². The Morgan fingerprint density at radius 2 is 1.81 bits per heavy atom. The third-order valence-electron chi connectivity index (χ3n) is 4.14. The predicted molar refractivity (Wildman–Crippen MR) is 75.1 cm³/mol. The first kappa shape index (κ1) is 13.9. The molecular weight excluding hydrogens is 273 g/mol. The number of hydrogen-bond donors (Lipinski definition) is 2. The Hall–Kier alpha value is -2.08. The maximum absolute atomic E-state index is 12.9. The number of aliphatic imine (C=N–C) groups is 1. The molecule has 3 N–H and O–H groups in total. The van der Waals surface area contributed by atoms with Gasteiger partial charge in [0.2, 0.25) is 5.91 Å². The summed E-state index contributed by atoms with van der Waals surface area (Å²) in [4.78, 5) is 28.4. The van der Waals surface area contributed by atoms with Crippen LogP contribution in [0.5, 0.6) is 0 Å². The Morgan fingerprint density at radius 3 is 2.38 bits per heavy atom. The van der Waals surface area contributed by atoms with Crippen LogP contribution in [-0.2, 0) is 9.59 Å². The molecule has 21 heavy (non-hydrogen) atoms. The molecule has 1 aliphatic heterocycles. The molecule has 0 saturated heterocycles. The first-order valence-electron chi connectivity index (χ1n) is 6.98. The minimum Gasteiger partial charge on any atom is -0.319 e. The highest BCUT2D eigenvalue weighted by atomic mass is 19.1. The normalized spacial score (nSPS) is 24.7. The van der Waals surface area contributed by atoms with Crippen molar-refractivity contribution in [3.8, 4) is 0 Å². The molecule has 1 fully saturated rings. The first-order chi connectivity index (χ1) is 9.99. The second-order valence-corrected chi connectivity index (χ2v) is 5.64. The Bertz CT molecular complexity index is 618. The summed E-state index contributed by atoms with van der Waals surface area (Å²) in [5.74, 6) is -2.17. The minimum absolute atomic E-state index is 0.272. The van der Waals surface area contributed by atoms with E-state index in [0.717, 1.165) is 12.8 Å². The molecule has 1 aromatic rings. The SMILES string of the molecule is NC1(C2=NC(=O)C(c3ccc(F)cc3)C(=O)N2)CCCC1. The van der Waals surface area contributed by atoms with Crippen LogP contribution in [0.3, 0.4) is 0 Å². The number of nitrogens with zero attached hydrogens (tertiary/aromatic N) is 1. The lowest BCUT2D eigenvalue weighted by Gasteiger charge is -2.30. The average Bonchev–Trinajstić information content (AvgIpc) is 2.88. The minimum atomic E-state index is -1.03. The molecule has 3 rings (SSSR count). The zero-order valence-electron chi connectivity index (χ0n) is 11.4. The quantitative estimate of drug-likeness (QED) is 0.803. The van der Waals surface area contributed by atoms with E-state index >= 15 is 0 Å². The lowest BCUT2D eigenvalue weighted by molar-refractivity contribution is -0.130. The third kappa shape index (κ3) is 2.47. The fourth-order valence-electron chi connectivity index (χ4n) is 2.93. The summed E-state index contributed by atoms with van der Waals surface area (Å²) in [6, 6.07) is 5.28. The van der Waals surface area contributed by atoms with Gasteiger partial charge < -0.3 is 11.1 Å². The number of benzene rings is 1. The monoisotopic (exact) mass is 289 g/mol. The molecule has 2 amide bonds. The van der Waals surface area contributed by atoms with Crippen LogP contribution in [0.1, 0.15) is 37.2 Å². The van der Waals surface area contributed by atoms with Crippen molar-refractivity contribution in [1.82, 2.24) is 5.32 Å². The number of carbonyl (C=O) groups excluding carboxylic acids is 2. The summed E-state index contributed by atoms with van der Waals surface area (Å²) in [6.45, 7) is 0. The largest absolute Gasteiger partial charge is 0.319 e. The summed E-state index contributed by atoms with van der Waals surface area (Å²) < 4.78 is 12.9. The molecule has 0 aromatic heterocycles. The van der Waals surface area contributed by atoms with E-state index in [1.165, 1.54) is 24.3 Å². The van der Waals surface area contributed by atoms with Crippen LogP contribution in [0, 0.1) is 5.82 Å². The highest BCUT2D eigenvalue weighted by Gasteiger charge is 2.42. The molecule has 2 aliphatic rings. The molecule has 0 spiro atoms. The van der Waals surface area contributed by atoms with Crippen molar-refractivity contribution in [2.45, 2.75) is 37.1 Å². The Labute approximate surface area is 121 Å². The van der Waals surface area contributed by atoms with Gasteiger partial charge in [-0.2, -0.15) is 4.99 Å². The fraction of sp³-hybridized carbons (Fsp3) is 0.400. The van der Waals surface area contributed by atoms with Crippen molar-refractivity contribution >= 4 is 17.6 Å². The van der Waals surface area contributed by atoms with Crippen LogP contribution in [0.15, 0.2) is 29.3 Å². The summed E-state index contributed by atoms with van der Waals surface area (Å²) in [5, 5.41) is 2.66. The number of amidine groups is 1. The second-order valence-electron chi connectivity index (χ2n) is 5.64. The van der Waals surface area contributed by atoms with Crippen LogP contribution in [-0.4, -0.2) is 23.2 Å². The molecule has 1 heterocycles. The van der Waals surface area contributed by atoms with Crippen molar-refractivity contribution in [1.29, 1.82) is 0 Å². The molecule has 1 saturated carbocycles. The summed E-state index contributed by atoms with van der Waals surface area (Å²) >= 11 is 0. The molecular formula is C15H16FN3O2. The molecule has 110 valence electrons. The number of nitrogens with one attached hydrogen (secondary N) is 1. The summed E-state index contributed by atoms with van der Waals surface area (Å²) in [5.41, 5.74) is 5.94. The van der Waals surface area contributed by atoms with E-state index in [2.05, 4.69) is 10.3 Å². The van der Waals surface area contributed by atoms with Crippen LogP contribution in [0.2, 0.25) is 0 Å². The van der Waals surface area contributed by atoms with Gasteiger partial charge in [0, 0.05) is 0 Å². The Kier molecular flexibility index (Phi) is 3.33. The van der Waals surface area contributed by atoms with Crippen molar-refractivity contribution in [2.24, 2.45) is 10.7 Å². The highest BCUT2D eigenvalue weighted by Crippen LogP contribution is 2.30. The van der Waals surface area contributed by atoms with E-state index in [9.17, 15) is 14.0 Å². The molecule has 1 atom stereocenters. The highest BCUT2D eigenvalue weighted by molar-refractivity contribution is 6.21. The molecule has 1 unspecified atom stereocenters. The second kappa shape index (κ2) is 5.04. The maximum atomic E-state index is 12.9. The van der Waals surface area contributed by atoms with Crippen molar-refractivity contribution in [2.75, 3.05) is 0 Å². The van der Waals surface area contributed by atoms with Gasteiger partial charge in [0.1, 0.15) is 17.6 Å². The van der Waals surface area contributed by atoms with Crippen molar-refractivity contribution in [3.05, 3.63) is 35.6 Å². The van der Waals surface area contributed by atoms with E-state index < -0.39 is 29.1 Å². The number of rotatable bonds is 2. The number of amides is 2. The van der Waals surface area contributed by atoms with Gasteiger partial charge in [-0.1, -0.05) is 25.0 Å². The number of halogens is 1. The summed E-state index contributed by atoms with van der Waals surface area (Å²) in [7, 11) is 0. The van der Waals surface area contributed by atoms with Gasteiger partial charge in [0.05, 0.1) is 5.54 Å². The van der Waals surface area contributed by atoms with Gasteiger partial charge in [-0.25, -0.2) is 4.39 Å². The zero-order chi connectivity index (χ0) is 15.0.